The molecule has 1 fully saturated rings. The van der Waals surface area contributed by atoms with Crippen molar-refractivity contribution in [2.45, 2.75) is 30.8 Å². The van der Waals surface area contributed by atoms with Crippen LogP contribution in [-0.4, -0.2) is 48.3 Å². The summed E-state index contributed by atoms with van der Waals surface area (Å²) < 4.78 is 17.9. The molecule has 4 aliphatic heterocycles. The standard InChI is InChI=1S/C26H23N3O4/c30-25-26(14-33-23-10-22-16(6-8-32-22)9-20(23)26)24-19(17-11-27-15-28-12-17)4-1-5-21(24)29(25)13-18-3-2-7-31-18/h1,4-5,9-12,15,18H,2-3,6-8,13-14H2. The van der Waals surface area contributed by atoms with Crippen molar-refractivity contribution in [3.8, 4) is 22.6 Å². The maximum atomic E-state index is 14.3. The van der Waals surface area contributed by atoms with Crippen molar-refractivity contribution in [1.29, 1.82) is 0 Å². The number of benzene rings is 2. The molecule has 2 atom stereocenters. The van der Waals surface area contributed by atoms with Gasteiger partial charge in [0.2, 0.25) is 5.91 Å². The lowest BCUT2D eigenvalue weighted by Crippen LogP contribution is -2.45. The quantitative estimate of drug-likeness (QED) is 0.621. The molecule has 1 amide bonds. The van der Waals surface area contributed by atoms with E-state index in [1.54, 1.807) is 12.4 Å². The molecule has 7 nitrogen and oxygen atoms in total. The van der Waals surface area contributed by atoms with Crippen LogP contribution >= 0.6 is 0 Å². The van der Waals surface area contributed by atoms with Crippen molar-refractivity contribution >= 4 is 11.6 Å². The zero-order valence-corrected chi connectivity index (χ0v) is 18.1. The van der Waals surface area contributed by atoms with Gasteiger partial charge in [0.1, 0.15) is 29.8 Å². The lowest BCUT2D eigenvalue weighted by atomic mass is 9.74. The Morgan fingerprint density at radius 1 is 1.09 bits per heavy atom. The van der Waals surface area contributed by atoms with Crippen molar-refractivity contribution in [1.82, 2.24) is 9.97 Å². The molecule has 2 aromatic carbocycles. The van der Waals surface area contributed by atoms with E-state index in [1.165, 1.54) is 6.33 Å². The molecule has 7 heteroatoms. The van der Waals surface area contributed by atoms with Crippen LogP contribution in [0.15, 0.2) is 49.1 Å². The summed E-state index contributed by atoms with van der Waals surface area (Å²) in [6, 6.07) is 10.2. The summed E-state index contributed by atoms with van der Waals surface area (Å²) in [4.78, 5) is 24.7. The number of hydrogen-bond donors (Lipinski definition) is 0. The SMILES string of the molecule is O=C1N(CC2CCCO2)c2cccc(-c3cncnc3)c2C12COc1cc3c(cc12)CCO3. The molecule has 0 radical (unpaired) electrons. The summed E-state index contributed by atoms with van der Waals surface area (Å²) in [5, 5.41) is 0. The topological polar surface area (TPSA) is 73.8 Å². The van der Waals surface area contributed by atoms with Crippen molar-refractivity contribution in [3.63, 3.8) is 0 Å². The molecule has 4 aliphatic rings. The average Bonchev–Trinajstić information content (AvgIpc) is 3.64. The van der Waals surface area contributed by atoms with Gasteiger partial charge in [-0.1, -0.05) is 12.1 Å². The molecular formula is C26H23N3O4. The number of carbonyl (C=O) groups is 1. The van der Waals surface area contributed by atoms with Gasteiger partial charge < -0.3 is 19.1 Å². The highest BCUT2D eigenvalue weighted by Gasteiger charge is 2.58. The number of amides is 1. The molecule has 2 unspecified atom stereocenters. The van der Waals surface area contributed by atoms with E-state index < -0.39 is 5.41 Å². The number of aromatic nitrogens is 2. The maximum absolute atomic E-state index is 14.3. The van der Waals surface area contributed by atoms with Crippen LogP contribution in [0.1, 0.15) is 29.5 Å². The number of fused-ring (bicyclic) bond motifs is 5. The minimum atomic E-state index is -0.909. The van der Waals surface area contributed by atoms with E-state index in [0.29, 0.717) is 13.2 Å². The minimum Gasteiger partial charge on any atom is -0.493 e. The van der Waals surface area contributed by atoms with Crippen molar-refractivity contribution in [2.24, 2.45) is 0 Å². The van der Waals surface area contributed by atoms with E-state index in [-0.39, 0.29) is 18.6 Å². The second-order valence-electron chi connectivity index (χ2n) is 9.13. The number of anilines is 1. The first-order valence-electron chi connectivity index (χ1n) is 11.5. The molecule has 0 bridgehead atoms. The Morgan fingerprint density at radius 2 is 2.00 bits per heavy atom. The number of nitrogens with zero attached hydrogens (tertiary/aromatic N) is 3. The molecule has 3 aromatic rings. The van der Waals surface area contributed by atoms with Crippen LogP contribution in [0.3, 0.4) is 0 Å². The van der Waals surface area contributed by atoms with E-state index in [2.05, 4.69) is 22.1 Å². The molecule has 0 saturated carbocycles. The Morgan fingerprint density at radius 3 is 2.85 bits per heavy atom. The molecule has 5 heterocycles. The molecule has 166 valence electrons. The van der Waals surface area contributed by atoms with Gasteiger partial charge in [-0.15, -0.1) is 0 Å². The molecular weight excluding hydrogens is 418 g/mol. The summed E-state index contributed by atoms with van der Waals surface area (Å²) >= 11 is 0. The van der Waals surface area contributed by atoms with Crippen molar-refractivity contribution < 1.29 is 19.0 Å². The lowest BCUT2D eigenvalue weighted by Gasteiger charge is -2.25. The fraction of sp³-hybridized carbons (Fsp3) is 0.346. The zero-order chi connectivity index (χ0) is 22.0. The van der Waals surface area contributed by atoms with Crippen LogP contribution in [-0.2, 0) is 21.4 Å². The van der Waals surface area contributed by atoms with Crippen LogP contribution in [0.25, 0.3) is 11.1 Å². The lowest BCUT2D eigenvalue weighted by molar-refractivity contribution is -0.122. The minimum absolute atomic E-state index is 0.0508. The van der Waals surface area contributed by atoms with Crippen LogP contribution < -0.4 is 14.4 Å². The third kappa shape index (κ3) is 2.63. The average molecular weight is 441 g/mol. The molecule has 1 saturated heterocycles. The van der Waals surface area contributed by atoms with Crippen molar-refractivity contribution in [2.75, 3.05) is 31.3 Å². The van der Waals surface area contributed by atoms with Gasteiger partial charge in [0.05, 0.1) is 19.3 Å². The van der Waals surface area contributed by atoms with Gasteiger partial charge in [-0.2, -0.15) is 0 Å². The summed E-state index contributed by atoms with van der Waals surface area (Å²) in [7, 11) is 0. The van der Waals surface area contributed by atoms with Gasteiger partial charge >= 0.3 is 0 Å². The highest BCUT2D eigenvalue weighted by Crippen LogP contribution is 2.56. The number of carbonyl (C=O) groups excluding carboxylic acids is 1. The van der Waals surface area contributed by atoms with Gasteiger partial charge in [-0.3, -0.25) is 4.79 Å². The molecule has 1 spiro atoms. The van der Waals surface area contributed by atoms with E-state index >= 15 is 0 Å². The predicted molar refractivity (Wildman–Crippen MR) is 121 cm³/mol. The van der Waals surface area contributed by atoms with Gasteiger partial charge in [0, 0.05) is 53.9 Å². The monoisotopic (exact) mass is 441 g/mol. The van der Waals surface area contributed by atoms with Crippen LogP contribution in [0.4, 0.5) is 5.69 Å². The summed E-state index contributed by atoms with van der Waals surface area (Å²) in [6.07, 6.45) is 8.02. The Labute approximate surface area is 191 Å². The highest BCUT2D eigenvalue weighted by atomic mass is 16.5. The zero-order valence-electron chi connectivity index (χ0n) is 18.1. The van der Waals surface area contributed by atoms with Gasteiger partial charge in [-0.05, 0) is 36.1 Å². The third-order valence-electron chi connectivity index (χ3n) is 7.35. The van der Waals surface area contributed by atoms with Crippen molar-refractivity contribution in [3.05, 3.63) is 65.7 Å². The first-order valence-corrected chi connectivity index (χ1v) is 11.5. The fourth-order valence-corrected chi connectivity index (χ4v) is 5.82. The third-order valence-corrected chi connectivity index (χ3v) is 7.35. The second kappa shape index (κ2) is 7.02. The fourth-order valence-electron chi connectivity index (χ4n) is 5.82. The molecule has 1 aromatic heterocycles. The van der Waals surface area contributed by atoms with E-state index in [4.69, 9.17) is 14.2 Å². The Kier molecular flexibility index (Phi) is 4.06. The van der Waals surface area contributed by atoms with Crippen LogP contribution in [0.5, 0.6) is 11.5 Å². The van der Waals surface area contributed by atoms with Crippen LogP contribution in [0, 0.1) is 0 Å². The highest BCUT2D eigenvalue weighted by molar-refractivity contribution is 6.13. The first kappa shape index (κ1) is 19.1. The summed E-state index contributed by atoms with van der Waals surface area (Å²) in [5.41, 5.74) is 4.89. The van der Waals surface area contributed by atoms with Gasteiger partial charge in [0.25, 0.3) is 0 Å². The molecule has 0 aliphatic carbocycles. The number of ether oxygens (including phenoxy) is 3. The van der Waals surface area contributed by atoms with E-state index in [0.717, 1.165) is 70.9 Å². The van der Waals surface area contributed by atoms with E-state index in [9.17, 15) is 4.79 Å². The van der Waals surface area contributed by atoms with Gasteiger partial charge in [0.15, 0.2) is 0 Å². The van der Waals surface area contributed by atoms with E-state index in [1.807, 2.05) is 23.1 Å². The molecule has 7 rings (SSSR count). The summed E-state index contributed by atoms with van der Waals surface area (Å²) in [6.45, 7) is 2.23. The molecule has 0 N–H and O–H groups in total. The Bertz CT molecular complexity index is 1270. The van der Waals surface area contributed by atoms with Gasteiger partial charge in [-0.25, -0.2) is 9.97 Å². The van der Waals surface area contributed by atoms with Crippen LogP contribution in [0.2, 0.25) is 0 Å². The maximum Gasteiger partial charge on any atom is 0.245 e. The smallest absolute Gasteiger partial charge is 0.245 e. The number of rotatable bonds is 3. The second-order valence-corrected chi connectivity index (χ2v) is 9.13. The Balaban J connectivity index is 1.46. The predicted octanol–water partition coefficient (Wildman–Crippen LogP) is 3.28. The Hall–Kier alpha value is -3.45. The first-order chi connectivity index (χ1) is 16.3. The summed E-state index contributed by atoms with van der Waals surface area (Å²) in [5.74, 6) is 1.64. The number of hydrogen-bond acceptors (Lipinski definition) is 6. The normalized spacial score (nSPS) is 24.5. The largest absolute Gasteiger partial charge is 0.493 e. The molecule has 33 heavy (non-hydrogen) atoms.